The van der Waals surface area contributed by atoms with Crippen LogP contribution in [0.15, 0.2) is 120 Å². The third kappa shape index (κ3) is 5.48. The Hall–Kier alpha value is -5.17. The van der Waals surface area contributed by atoms with Crippen LogP contribution in [0.2, 0.25) is 0 Å². The van der Waals surface area contributed by atoms with Gasteiger partial charge < -0.3 is 5.32 Å². The highest BCUT2D eigenvalue weighted by Crippen LogP contribution is 2.27. The predicted molar refractivity (Wildman–Crippen MR) is 143 cm³/mol. The molecular weight excluding hydrogens is 450 g/mol. The van der Waals surface area contributed by atoms with Gasteiger partial charge in [-0.1, -0.05) is 60.7 Å². The zero-order valence-electron chi connectivity index (χ0n) is 19.2. The summed E-state index contributed by atoms with van der Waals surface area (Å²) in [4.78, 5) is 24.3. The Bertz CT molecular complexity index is 1440. The molecule has 0 unspecified atom stereocenters. The van der Waals surface area contributed by atoms with Crippen molar-refractivity contribution >= 4 is 29.2 Å². The molecule has 0 aliphatic carbocycles. The van der Waals surface area contributed by atoms with E-state index in [1.807, 2.05) is 91.0 Å². The first kappa shape index (κ1) is 22.6. The Balaban J connectivity index is 1.37. The average molecular weight is 472 g/mol. The summed E-state index contributed by atoms with van der Waals surface area (Å²) in [5.74, 6) is 0.498. The van der Waals surface area contributed by atoms with Gasteiger partial charge in [0, 0.05) is 35.2 Å². The second-order valence-electron chi connectivity index (χ2n) is 7.97. The maximum absolute atomic E-state index is 10.8. The van der Waals surface area contributed by atoms with Gasteiger partial charge in [-0.2, -0.15) is 0 Å². The van der Waals surface area contributed by atoms with Crippen LogP contribution in [0.5, 0.6) is 0 Å². The Morgan fingerprint density at radius 2 is 1.28 bits per heavy atom. The number of aliphatic imine (C=N–C) groups is 1. The SMILES string of the molecule is O=[N+]([O-])c1ccc(C=Nc2ccc(Nc3nc(-c4ccccc4)cc(-c4ccccc4)n3)cc2)cc1. The number of benzene rings is 4. The topological polar surface area (TPSA) is 93.3 Å². The van der Waals surface area contributed by atoms with E-state index >= 15 is 0 Å². The zero-order valence-corrected chi connectivity index (χ0v) is 19.2. The third-order valence-corrected chi connectivity index (χ3v) is 5.46. The largest absolute Gasteiger partial charge is 0.324 e. The molecule has 0 amide bonds. The van der Waals surface area contributed by atoms with Crippen LogP contribution in [-0.2, 0) is 0 Å². The Labute approximate surface area is 208 Å². The number of nitrogens with zero attached hydrogens (tertiary/aromatic N) is 4. The van der Waals surface area contributed by atoms with Crippen molar-refractivity contribution in [2.75, 3.05) is 5.32 Å². The molecule has 1 N–H and O–H groups in total. The van der Waals surface area contributed by atoms with Gasteiger partial charge in [0.2, 0.25) is 5.95 Å². The van der Waals surface area contributed by atoms with E-state index in [2.05, 4.69) is 10.3 Å². The molecule has 0 aliphatic rings. The number of rotatable bonds is 7. The number of nitro benzene ring substituents is 1. The van der Waals surface area contributed by atoms with Crippen molar-refractivity contribution in [3.63, 3.8) is 0 Å². The minimum absolute atomic E-state index is 0.0524. The number of anilines is 2. The van der Waals surface area contributed by atoms with Gasteiger partial charge in [0.15, 0.2) is 0 Å². The van der Waals surface area contributed by atoms with E-state index in [9.17, 15) is 10.1 Å². The van der Waals surface area contributed by atoms with Crippen LogP contribution in [-0.4, -0.2) is 21.1 Å². The second-order valence-corrected chi connectivity index (χ2v) is 7.97. The zero-order chi connectivity index (χ0) is 24.7. The van der Waals surface area contributed by atoms with Gasteiger partial charge in [-0.05, 0) is 48.0 Å². The van der Waals surface area contributed by atoms with Gasteiger partial charge >= 0.3 is 0 Å². The first-order valence-electron chi connectivity index (χ1n) is 11.3. The molecule has 5 rings (SSSR count). The lowest BCUT2D eigenvalue weighted by Crippen LogP contribution is -2.00. The smallest absolute Gasteiger partial charge is 0.269 e. The van der Waals surface area contributed by atoms with Crippen molar-refractivity contribution in [1.82, 2.24) is 9.97 Å². The van der Waals surface area contributed by atoms with Crippen molar-refractivity contribution < 1.29 is 4.92 Å². The fourth-order valence-corrected chi connectivity index (χ4v) is 3.61. The van der Waals surface area contributed by atoms with E-state index in [1.54, 1.807) is 18.3 Å². The number of aromatic nitrogens is 2. The maximum Gasteiger partial charge on any atom is 0.269 e. The molecule has 7 heteroatoms. The highest BCUT2D eigenvalue weighted by molar-refractivity contribution is 5.82. The van der Waals surface area contributed by atoms with Gasteiger partial charge in [0.25, 0.3) is 5.69 Å². The molecule has 1 aromatic heterocycles. The van der Waals surface area contributed by atoms with Crippen molar-refractivity contribution in [2.45, 2.75) is 0 Å². The number of non-ortho nitro benzene ring substituents is 1. The minimum atomic E-state index is -0.422. The first-order chi connectivity index (χ1) is 17.6. The maximum atomic E-state index is 10.8. The van der Waals surface area contributed by atoms with Crippen LogP contribution in [0.4, 0.5) is 23.0 Å². The number of nitrogens with one attached hydrogen (secondary N) is 1. The van der Waals surface area contributed by atoms with Crippen LogP contribution in [0, 0.1) is 10.1 Å². The Kier molecular flexibility index (Phi) is 6.53. The molecule has 0 bridgehead atoms. The average Bonchev–Trinajstić information content (AvgIpc) is 2.94. The molecule has 0 atom stereocenters. The molecule has 4 aromatic carbocycles. The fraction of sp³-hybridized carbons (Fsp3) is 0. The second kappa shape index (κ2) is 10.4. The van der Waals surface area contributed by atoms with Crippen molar-refractivity contribution in [3.05, 3.63) is 131 Å². The lowest BCUT2D eigenvalue weighted by atomic mass is 10.1. The first-order valence-corrected chi connectivity index (χ1v) is 11.3. The van der Waals surface area contributed by atoms with Crippen LogP contribution < -0.4 is 5.32 Å². The summed E-state index contributed by atoms with van der Waals surface area (Å²) in [5, 5.41) is 14.1. The molecule has 0 fully saturated rings. The number of hydrogen-bond donors (Lipinski definition) is 1. The van der Waals surface area contributed by atoms with E-state index < -0.39 is 4.92 Å². The van der Waals surface area contributed by atoms with Gasteiger partial charge in [0.1, 0.15) is 0 Å². The monoisotopic (exact) mass is 471 g/mol. The van der Waals surface area contributed by atoms with E-state index in [0.29, 0.717) is 5.95 Å². The van der Waals surface area contributed by atoms with E-state index in [1.165, 1.54) is 12.1 Å². The summed E-state index contributed by atoms with van der Waals surface area (Å²) in [6.45, 7) is 0. The van der Waals surface area contributed by atoms with Crippen molar-refractivity contribution in [2.24, 2.45) is 4.99 Å². The Morgan fingerprint density at radius 3 is 1.81 bits per heavy atom. The lowest BCUT2D eigenvalue weighted by molar-refractivity contribution is -0.384. The van der Waals surface area contributed by atoms with E-state index in [-0.39, 0.29) is 5.69 Å². The number of nitro groups is 1. The standard InChI is InChI=1S/C29H21N5O2/c35-34(36)26-17-11-21(12-18-26)20-30-24-13-15-25(16-14-24)31-29-32-27(22-7-3-1-4-8-22)19-28(33-29)23-9-5-2-6-10-23/h1-20H,(H,31,32,33). The van der Waals surface area contributed by atoms with Gasteiger partial charge in [-0.3, -0.25) is 15.1 Å². The summed E-state index contributed by atoms with van der Waals surface area (Å²) < 4.78 is 0. The molecule has 1 heterocycles. The molecule has 174 valence electrons. The molecule has 0 saturated heterocycles. The molecule has 0 spiro atoms. The van der Waals surface area contributed by atoms with E-state index in [0.717, 1.165) is 39.5 Å². The summed E-state index contributed by atoms with van der Waals surface area (Å²) in [5.41, 5.74) is 6.09. The summed E-state index contributed by atoms with van der Waals surface area (Å²) in [7, 11) is 0. The van der Waals surface area contributed by atoms with Crippen molar-refractivity contribution in [3.8, 4) is 22.5 Å². The third-order valence-electron chi connectivity index (χ3n) is 5.46. The Morgan fingerprint density at radius 1 is 0.722 bits per heavy atom. The molecule has 36 heavy (non-hydrogen) atoms. The predicted octanol–water partition coefficient (Wildman–Crippen LogP) is 7.21. The van der Waals surface area contributed by atoms with Gasteiger partial charge in [-0.15, -0.1) is 0 Å². The van der Waals surface area contributed by atoms with Crippen LogP contribution >= 0.6 is 0 Å². The summed E-state index contributed by atoms with van der Waals surface area (Å²) >= 11 is 0. The van der Waals surface area contributed by atoms with Crippen LogP contribution in [0.1, 0.15) is 5.56 Å². The normalized spacial score (nSPS) is 10.9. The lowest BCUT2D eigenvalue weighted by Gasteiger charge is -2.10. The van der Waals surface area contributed by atoms with Crippen LogP contribution in [0.25, 0.3) is 22.5 Å². The molecule has 0 aliphatic heterocycles. The number of hydrogen-bond acceptors (Lipinski definition) is 6. The highest BCUT2D eigenvalue weighted by Gasteiger charge is 2.09. The molecule has 5 aromatic rings. The fourth-order valence-electron chi connectivity index (χ4n) is 3.61. The molecule has 0 radical (unpaired) electrons. The molecule has 7 nitrogen and oxygen atoms in total. The highest BCUT2D eigenvalue weighted by atomic mass is 16.6. The van der Waals surface area contributed by atoms with Gasteiger partial charge in [0.05, 0.1) is 22.0 Å². The van der Waals surface area contributed by atoms with E-state index in [4.69, 9.17) is 9.97 Å². The summed E-state index contributed by atoms with van der Waals surface area (Å²) in [6.07, 6.45) is 1.67. The quantitative estimate of drug-likeness (QED) is 0.154. The van der Waals surface area contributed by atoms with Gasteiger partial charge in [-0.25, -0.2) is 9.97 Å². The van der Waals surface area contributed by atoms with Crippen LogP contribution in [0.3, 0.4) is 0 Å². The molecular formula is C29H21N5O2. The van der Waals surface area contributed by atoms with Crippen molar-refractivity contribution in [1.29, 1.82) is 0 Å². The minimum Gasteiger partial charge on any atom is -0.324 e. The summed E-state index contributed by atoms with van der Waals surface area (Å²) in [6, 6.07) is 35.8. The molecule has 0 saturated carbocycles.